The van der Waals surface area contributed by atoms with Gasteiger partial charge in [-0.2, -0.15) is 0 Å². The summed E-state index contributed by atoms with van der Waals surface area (Å²) in [5, 5.41) is 3.44. The average molecular weight is 469 g/mol. The summed E-state index contributed by atoms with van der Waals surface area (Å²) >= 11 is 8.21. The molecular weight excluding hydrogens is 443 g/mol. The second kappa shape index (κ2) is 8.63. The van der Waals surface area contributed by atoms with E-state index in [0.717, 1.165) is 33.0 Å². The molecule has 0 amide bonds. The zero-order chi connectivity index (χ0) is 22.8. The number of aryl methyl sites for hydroxylation is 1. The van der Waals surface area contributed by atoms with Crippen molar-refractivity contribution in [2.24, 2.45) is 7.05 Å². The van der Waals surface area contributed by atoms with Gasteiger partial charge in [-0.15, -0.1) is 0 Å². The van der Waals surface area contributed by atoms with E-state index in [1.165, 1.54) is 0 Å². The molecule has 0 saturated heterocycles. The molecule has 0 atom stereocenters. The molecule has 0 N–H and O–H groups in total. The summed E-state index contributed by atoms with van der Waals surface area (Å²) in [5.74, 6) is -2.44. The summed E-state index contributed by atoms with van der Waals surface area (Å²) in [6.07, 6.45) is 2.72. The van der Waals surface area contributed by atoms with Crippen molar-refractivity contribution < 1.29 is 0 Å². The van der Waals surface area contributed by atoms with E-state index in [9.17, 15) is 0 Å². The number of hydrogen-bond acceptors (Lipinski definition) is 1. The fraction of sp³-hybridized carbons (Fsp3) is 0.0690. The van der Waals surface area contributed by atoms with Crippen LogP contribution in [0.1, 0.15) is 5.82 Å². The normalized spacial score (nSPS) is 12.7. The molecule has 164 valence electrons. The molecule has 0 unspecified atom stereocenters. The van der Waals surface area contributed by atoms with Gasteiger partial charge >= 0.3 is 200 Å². The maximum absolute atomic E-state index is 8.21. The van der Waals surface area contributed by atoms with Crippen LogP contribution in [0.4, 0.5) is 0 Å². The van der Waals surface area contributed by atoms with E-state index in [1.807, 2.05) is 36.4 Å². The Kier molecular flexibility index (Phi) is 5.66. The Labute approximate surface area is 200 Å². The van der Waals surface area contributed by atoms with E-state index in [1.54, 1.807) is 0 Å². The Bertz CT molecular complexity index is 1250. The van der Waals surface area contributed by atoms with Crippen molar-refractivity contribution in [3.8, 4) is 11.3 Å². The predicted molar refractivity (Wildman–Crippen MR) is 143 cm³/mol. The van der Waals surface area contributed by atoms with Gasteiger partial charge in [0.05, 0.1) is 0 Å². The summed E-state index contributed by atoms with van der Waals surface area (Å²) in [6, 6.07) is 42.0. The van der Waals surface area contributed by atoms with Crippen LogP contribution in [0.3, 0.4) is 0 Å². The first-order valence-corrected chi connectivity index (χ1v) is 14.4. The summed E-state index contributed by atoms with van der Waals surface area (Å²) < 4.78 is 2.13. The maximum atomic E-state index is 8.21. The Balaban J connectivity index is 1.78. The van der Waals surface area contributed by atoms with Gasteiger partial charge in [0, 0.05) is 0 Å². The van der Waals surface area contributed by atoms with Crippen molar-refractivity contribution in [1.29, 1.82) is 0 Å². The molecule has 2 nitrogen and oxygen atoms in total. The molecule has 1 heterocycles. The molecule has 5 aromatic rings. The van der Waals surface area contributed by atoms with Gasteiger partial charge < -0.3 is 0 Å². The molecular formula is C29H26ClN2P. The zero-order valence-electron chi connectivity index (χ0n) is 18.6. The number of halogens is 1. The molecule has 4 aromatic carbocycles. The Morgan fingerprint density at radius 1 is 0.636 bits per heavy atom. The molecule has 0 aliphatic rings. The third-order valence-electron chi connectivity index (χ3n) is 6.36. The third-order valence-corrected chi connectivity index (χ3v) is 13.5. The van der Waals surface area contributed by atoms with Crippen LogP contribution in [0.5, 0.6) is 0 Å². The van der Waals surface area contributed by atoms with Crippen molar-refractivity contribution in [3.05, 3.63) is 133 Å². The van der Waals surface area contributed by atoms with Crippen LogP contribution in [0.2, 0.25) is 0 Å². The molecule has 1 aromatic heterocycles. The van der Waals surface area contributed by atoms with Crippen LogP contribution in [0, 0.1) is 0 Å². The number of benzene rings is 4. The van der Waals surface area contributed by atoms with Gasteiger partial charge in [-0.05, 0) is 0 Å². The second-order valence-corrected chi connectivity index (χ2v) is 14.8. The van der Waals surface area contributed by atoms with Crippen molar-refractivity contribution in [3.63, 3.8) is 0 Å². The van der Waals surface area contributed by atoms with Crippen molar-refractivity contribution in [2.75, 3.05) is 0 Å². The summed E-state index contributed by atoms with van der Waals surface area (Å²) in [4.78, 5) is 5.10. The monoisotopic (exact) mass is 468 g/mol. The molecule has 0 spiro atoms. The minimum atomic E-state index is -3.42. The molecule has 0 aliphatic carbocycles. The van der Waals surface area contributed by atoms with Crippen LogP contribution in [-0.4, -0.2) is 9.55 Å². The van der Waals surface area contributed by atoms with E-state index in [-0.39, 0.29) is 0 Å². The molecule has 0 aliphatic heterocycles. The average Bonchev–Trinajstić information content (AvgIpc) is 3.26. The van der Waals surface area contributed by atoms with Crippen molar-refractivity contribution in [2.45, 2.75) is 6.16 Å². The Morgan fingerprint density at radius 2 is 1.03 bits per heavy atom. The first kappa shape index (κ1) is 21.6. The van der Waals surface area contributed by atoms with Crippen LogP contribution in [0.25, 0.3) is 11.3 Å². The Morgan fingerprint density at radius 3 is 1.45 bits per heavy atom. The van der Waals surface area contributed by atoms with Gasteiger partial charge in [0.15, 0.2) is 0 Å². The SMILES string of the molecule is Cn1cc(-c2ccccc2)nc1CP(Cl)(c1ccccc1)(c1ccccc1)c1ccccc1. The molecule has 5 rings (SSSR count). The zero-order valence-corrected chi connectivity index (χ0v) is 20.2. The fourth-order valence-electron chi connectivity index (χ4n) is 4.60. The van der Waals surface area contributed by atoms with E-state index in [4.69, 9.17) is 16.2 Å². The van der Waals surface area contributed by atoms with Gasteiger partial charge in [-0.1, -0.05) is 0 Å². The third kappa shape index (κ3) is 3.70. The number of imidazole rings is 1. The molecule has 0 bridgehead atoms. The number of rotatable bonds is 6. The first-order chi connectivity index (χ1) is 16.1. The first-order valence-electron chi connectivity index (χ1n) is 11.1. The number of nitrogens with zero attached hydrogens (tertiary/aromatic N) is 2. The summed E-state index contributed by atoms with van der Waals surface area (Å²) in [6.45, 7) is 0. The van der Waals surface area contributed by atoms with Gasteiger partial charge in [0.2, 0.25) is 0 Å². The van der Waals surface area contributed by atoms with E-state index in [0.29, 0.717) is 6.16 Å². The quantitative estimate of drug-likeness (QED) is 0.268. The van der Waals surface area contributed by atoms with Crippen LogP contribution in [0.15, 0.2) is 128 Å². The van der Waals surface area contributed by atoms with Gasteiger partial charge in [0.1, 0.15) is 0 Å². The molecule has 0 saturated carbocycles. The van der Waals surface area contributed by atoms with Gasteiger partial charge in [-0.25, -0.2) is 0 Å². The minimum absolute atomic E-state index is 0.620. The van der Waals surface area contributed by atoms with E-state index < -0.39 is 5.96 Å². The number of hydrogen-bond donors (Lipinski definition) is 0. The van der Waals surface area contributed by atoms with Gasteiger partial charge in [-0.3, -0.25) is 0 Å². The molecule has 33 heavy (non-hydrogen) atoms. The van der Waals surface area contributed by atoms with Crippen LogP contribution >= 0.6 is 17.2 Å². The van der Waals surface area contributed by atoms with Crippen molar-refractivity contribution >= 4 is 33.1 Å². The predicted octanol–water partition coefficient (Wildman–Crippen LogP) is 6.27. The standard InChI is InChI=1S/C29H26ClN2P/c1-32-22-28(24-14-6-2-7-15-24)31-29(32)23-33(30,25-16-8-3-9-17-25,26-18-10-4-11-19-26)27-20-12-5-13-21-27/h2-22H,23H2,1H3. The van der Waals surface area contributed by atoms with Crippen LogP contribution in [-0.2, 0) is 13.2 Å². The summed E-state index contributed by atoms with van der Waals surface area (Å²) in [7, 11) is 2.06. The van der Waals surface area contributed by atoms with Crippen molar-refractivity contribution in [1.82, 2.24) is 9.55 Å². The molecule has 4 heteroatoms. The number of aromatic nitrogens is 2. The topological polar surface area (TPSA) is 17.8 Å². The second-order valence-electron chi connectivity index (χ2n) is 8.37. The molecule has 0 fully saturated rings. The van der Waals surface area contributed by atoms with Crippen LogP contribution < -0.4 is 15.9 Å². The molecule has 0 radical (unpaired) electrons. The summed E-state index contributed by atoms with van der Waals surface area (Å²) in [5.41, 5.74) is 2.07. The Hall–Kier alpha value is -3.19. The van der Waals surface area contributed by atoms with E-state index in [2.05, 4.69) is 103 Å². The van der Waals surface area contributed by atoms with E-state index >= 15 is 0 Å². The van der Waals surface area contributed by atoms with Gasteiger partial charge in [0.25, 0.3) is 0 Å². The fourth-order valence-corrected chi connectivity index (χ4v) is 10.6.